The summed E-state index contributed by atoms with van der Waals surface area (Å²) in [6.45, 7) is 3.66. The highest BCUT2D eigenvalue weighted by atomic mass is 32.2. The Bertz CT molecular complexity index is 385. The van der Waals surface area contributed by atoms with E-state index in [1.807, 2.05) is 0 Å². The van der Waals surface area contributed by atoms with Crippen molar-refractivity contribution in [1.82, 2.24) is 14.5 Å². The van der Waals surface area contributed by atoms with Crippen molar-refractivity contribution in [3.05, 3.63) is 0 Å². The molecule has 2 heterocycles. The molecular weight excluding hydrogens is 250 g/mol. The van der Waals surface area contributed by atoms with E-state index in [1.165, 1.54) is 6.42 Å². The Kier molecular flexibility index (Phi) is 4.31. The average Bonchev–Trinajstić information content (AvgIpc) is 2.52. The van der Waals surface area contributed by atoms with Gasteiger partial charge < -0.3 is 5.32 Å². The number of hydrogen-bond acceptors (Lipinski definition) is 4. The van der Waals surface area contributed by atoms with Gasteiger partial charge in [-0.3, -0.25) is 4.90 Å². The standard InChI is InChI=1S/C12H25N3O2S/c1-10(8-13-2)18(16,17)15-7-6-11-4-5-12(9-15)14(11)3/h10-13H,4-9H2,1-3H3. The highest BCUT2D eigenvalue weighted by Gasteiger charge is 2.39. The molecule has 0 aromatic carbocycles. The molecule has 2 rings (SSSR count). The Morgan fingerprint density at radius 3 is 2.61 bits per heavy atom. The van der Waals surface area contributed by atoms with Crippen LogP contribution in [0.5, 0.6) is 0 Å². The molecule has 0 aromatic heterocycles. The summed E-state index contributed by atoms with van der Waals surface area (Å²) >= 11 is 0. The Morgan fingerprint density at radius 2 is 1.94 bits per heavy atom. The van der Waals surface area contributed by atoms with Gasteiger partial charge in [0.25, 0.3) is 0 Å². The van der Waals surface area contributed by atoms with Crippen LogP contribution in [0.1, 0.15) is 26.2 Å². The summed E-state index contributed by atoms with van der Waals surface area (Å²) in [4.78, 5) is 2.37. The smallest absolute Gasteiger partial charge is 0.218 e. The van der Waals surface area contributed by atoms with Crippen molar-refractivity contribution in [1.29, 1.82) is 0 Å². The van der Waals surface area contributed by atoms with E-state index in [4.69, 9.17) is 0 Å². The fourth-order valence-electron chi connectivity index (χ4n) is 3.16. The van der Waals surface area contributed by atoms with Gasteiger partial charge in [-0.05, 0) is 40.3 Å². The van der Waals surface area contributed by atoms with Gasteiger partial charge in [0.2, 0.25) is 10.0 Å². The van der Waals surface area contributed by atoms with Gasteiger partial charge in [0, 0.05) is 31.7 Å². The zero-order chi connectivity index (χ0) is 13.3. The third-order valence-electron chi connectivity index (χ3n) is 4.47. The summed E-state index contributed by atoms with van der Waals surface area (Å²) in [5.41, 5.74) is 0. The lowest BCUT2D eigenvalue weighted by atomic mass is 10.1. The second kappa shape index (κ2) is 5.45. The Labute approximate surface area is 111 Å². The maximum absolute atomic E-state index is 12.5. The molecule has 2 saturated heterocycles. The van der Waals surface area contributed by atoms with Gasteiger partial charge in [-0.25, -0.2) is 12.7 Å². The minimum absolute atomic E-state index is 0.343. The van der Waals surface area contributed by atoms with Gasteiger partial charge in [0.15, 0.2) is 0 Å². The Hall–Kier alpha value is -0.170. The van der Waals surface area contributed by atoms with E-state index in [0.29, 0.717) is 31.7 Å². The molecule has 2 aliphatic heterocycles. The van der Waals surface area contributed by atoms with E-state index in [2.05, 4.69) is 17.3 Å². The van der Waals surface area contributed by atoms with Crippen molar-refractivity contribution in [2.24, 2.45) is 0 Å². The van der Waals surface area contributed by atoms with Crippen molar-refractivity contribution in [3.63, 3.8) is 0 Å². The van der Waals surface area contributed by atoms with Crippen LogP contribution in [0.4, 0.5) is 0 Å². The molecule has 0 amide bonds. The summed E-state index contributed by atoms with van der Waals surface area (Å²) in [5, 5.41) is 2.61. The largest absolute Gasteiger partial charge is 0.318 e. The molecule has 1 N–H and O–H groups in total. The van der Waals surface area contributed by atoms with Crippen LogP contribution < -0.4 is 5.32 Å². The van der Waals surface area contributed by atoms with Crippen LogP contribution in [0.25, 0.3) is 0 Å². The van der Waals surface area contributed by atoms with Crippen LogP contribution in [0.2, 0.25) is 0 Å². The fourth-order valence-corrected chi connectivity index (χ4v) is 4.78. The molecule has 3 atom stereocenters. The number of nitrogens with one attached hydrogen (secondary N) is 1. The van der Waals surface area contributed by atoms with Crippen LogP contribution in [-0.2, 0) is 10.0 Å². The van der Waals surface area contributed by atoms with Crippen molar-refractivity contribution in [2.75, 3.05) is 33.7 Å². The zero-order valence-electron chi connectivity index (χ0n) is 11.6. The quantitative estimate of drug-likeness (QED) is 0.790. The monoisotopic (exact) mass is 275 g/mol. The molecule has 0 radical (unpaired) electrons. The number of likely N-dealkylation sites (N-methyl/N-ethyl adjacent to an activating group) is 1. The molecule has 0 aromatic rings. The van der Waals surface area contributed by atoms with Crippen LogP contribution in [0.3, 0.4) is 0 Å². The number of hydrogen-bond donors (Lipinski definition) is 1. The summed E-state index contributed by atoms with van der Waals surface area (Å²) in [5.74, 6) is 0. The number of sulfonamides is 1. The summed E-state index contributed by atoms with van der Waals surface area (Å²) in [6.07, 6.45) is 3.33. The first kappa shape index (κ1) is 14.2. The third kappa shape index (κ3) is 2.57. The molecular formula is C12H25N3O2S. The molecule has 2 fully saturated rings. The molecule has 5 nitrogen and oxygen atoms in total. The lowest BCUT2D eigenvalue weighted by molar-refractivity contribution is 0.246. The number of rotatable bonds is 4. The first-order chi connectivity index (χ1) is 8.46. The minimum Gasteiger partial charge on any atom is -0.318 e. The summed E-state index contributed by atoms with van der Waals surface area (Å²) < 4.78 is 26.7. The lowest BCUT2D eigenvalue weighted by Gasteiger charge is -2.27. The Morgan fingerprint density at radius 1 is 1.28 bits per heavy atom. The first-order valence-corrected chi connectivity index (χ1v) is 8.32. The second-order valence-electron chi connectivity index (χ2n) is 5.61. The predicted molar refractivity (Wildman–Crippen MR) is 73.1 cm³/mol. The molecule has 2 bridgehead atoms. The molecule has 2 aliphatic rings. The number of fused-ring (bicyclic) bond motifs is 2. The highest BCUT2D eigenvalue weighted by Crippen LogP contribution is 2.30. The van der Waals surface area contributed by atoms with E-state index < -0.39 is 10.0 Å². The van der Waals surface area contributed by atoms with Crippen LogP contribution in [-0.4, -0.2) is 68.7 Å². The summed E-state index contributed by atoms with van der Waals surface area (Å²) in [7, 11) is 0.781. The molecule has 3 unspecified atom stereocenters. The van der Waals surface area contributed by atoms with Crippen LogP contribution >= 0.6 is 0 Å². The van der Waals surface area contributed by atoms with Crippen molar-refractivity contribution >= 4 is 10.0 Å². The van der Waals surface area contributed by atoms with Crippen molar-refractivity contribution in [3.8, 4) is 0 Å². The van der Waals surface area contributed by atoms with Crippen molar-refractivity contribution in [2.45, 2.75) is 43.5 Å². The van der Waals surface area contributed by atoms with Gasteiger partial charge in [-0.2, -0.15) is 0 Å². The Balaban J connectivity index is 2.10. The fraction of sp³-hybridized carbons (Fsp3) is 1.00. The zero-order valence-corrected chi connectivity index (χ0v) is 12.4. The van der Waals surface area contributed by atoms with E-state index in [0.717, 1.165) is 12.8 Å². The lowest BCUT2D eigenvalue weighted by Crippen LogP contribution is -2.45. The maximum atomic E-state index is 12.5. The molecule has 0 aliphatic carbocycles. The van der Waals surface area contributed by atoms with Gasteiger partial charge in [-0.15, -0.1) is 0 Å². The SMILES string of the molecule is CNCC(C)S(=O)(=O)N1CCC2CCC(C1)N2C. The maximum Gasteiger partial charge on any atom is 0.218 e. The molecule has 106 valence electrons. The van der Waals surface area contributed by atoms with Gasteiger partial charge in [-0.1, -0.05) is 0 Å². The van der Waals surface area contributed by atoms with Gasteiger partial charge in [0.05, 0.1) is 5.25 Å². The van der Waals surface area contributed by atoms with Gasteiger partial charge >= 0.3 is 0 Å². The van der Waals surface area contributed by atoms with Crippen LogP contribution in [0, 0.1) is 0 Å². The predicted octanol–water partition coefficient (Wildman–Crippen LogP) is 0.0926. The van der Waals surface area contributed by atoms with Crippen molar-refractivity contribution < 1.29 is 8.42 Å². The third-order valence-corrected chi connectivity index (χ3v) is 6.71. The van der Waals surface area contributed by atoms with Gasteiger partial charge in [0.1, 0.15) is 0 Å². The molecule has 6 heteroatoms. The normalized spacial score (nSPS) is 32.4. The molecule has 0 spiro atoms. The first-order valence-electron chi connectivity index (χ1n) is 6.82. The van der Waals surface area contributed by atoms with E-state index in [1.54, 1.807) is 18.3 Å². The van der Waals surface area contributed by atoms with E-state index >= 15 is 0 Å². The van der Waals surface area contributed by atoms with E-state index in [9.17, 15) is 8.42 Å². The topological polar surface area (TPSA) is 52.7 Å². The number of nitrogens with zero attached hydrogens (tertiary/aromatic N) is 2. The summed E-state index contributed by atoms with van der Waals surface area (Å²) in [6, 6.07) is 0.990. The second-order valence-corrected chi connectivity index (χ2v) is 7.96. The molecule has 18 heavy (non-hydrogen) atoms. The highest BCUT2D eigenvalue weighted by molar-refractivity contribution is 7.89. The van der Waals surface area contributed by atoms with Crippen LogP contribution in [0.15, 0.2) is 0 Å². The average molecular weight is 275 g/mol. The van der Waals surface area contributed by atoms with E-state index in [-0.39, 0.29) is 5.25 Å². The minimum atomic E-state index is -3.15. The molecule has 0 saturated carbocycles.